The number of methoxy groups -OCH3 is 2. The number of benzene rings is 1. The highest BCUT2D eigenvalue weighted by Gasteiger charge is 2.41. The number of allylic oxidation sites excluding steroid dienone is 3. The van der Waals surface area contributed by atoms with Crippen molar-refractivity contribution < 1.29 is 23.8 Å². The number of esters is 1. The average molecular weight is 482 g/mol. The number of ketones is 1. The van der Waals surface area contributed by atoms with Gasteiger partial charge in [0.15, 0.2) is 17.3 Å². The Bertz CT molecular complexity index is 1130. The molecule has 180 valence electrons. The molecular formula is C27H31NO5S. The minimum absolute atomic E-state index is 0.00778. The summed E-state index contributed by atoms with van der Waals surface area (Å²) in [6.07, 6.45) is 2.81. The lowest BCUT2D eigenvalue weighted by molar-refractivity contribution is -0.139. The molecule has 1 aromatic heterocycles. The van der Waals surface area contributed by atoms with E-state index in [1.807, 2.05) is 42.6 Å². The van der Waals surface area contributed by atoms with Gasteiger partial charge in [0.1, 0.15) is 0 Å². The van der Waals surface area contributed by atoms with Crippen LogP contribution < -0.4 is 14.8 Å². The van der Waals surface area contributed by atoms with Crippen molar-refractivity contribution in [1.29, 1.82) is 0 Å². The first-order chi connectivity index (χ1) is 16.5. The van der Waals surface area contributed by atoms with Crippen molar-refractivity contribution >= 4 is 23.1 Å². The molecule has 0 fully saturated rings. The van der Waals surface area contributed by atoms with E-state index >= 15 is 0 Å². The number of carbonyl (C=O) groups is 2. The molecule has 1 N–H and O–H groups in total. The summed E-state index contributed by atoms with van der Waals surface area (Å²) in [5.41, 5.74) is 3.89. The molecule has 0 amide bonds. The number of nitrogens with one attached hydrogen (secondary N) is 1. The summed E-state index contributed by atoms with van der Waals surface area (Å²) >= 11 is 1.56. The van der Waals surface area contributed by atoms with Gasteiger partial charge in [-0.15, -0.1) is 11.3 Å². The second kappa shape index (κ2) is 10.5. The zero-order valence-electron chi connectivity index (χ0n) is 20.1. The number of ether oxygens (including phenoxy) is 3. The fraction of sp³-hybridized carbons (Fsp3) is 0.407. The second-order valence-electron chi connectivity index (χ2n) is 8.64. The van der Waals surface area contributed by atoms with Gasteiger partial charge in [-0.2, -0.15) is 0 Å². The topological polar surface area (TPSA) is 73.9 Å². The van der Waals surface area contributed by atoms with E-state index in [0.29, 0.717) is 42.1 Å². The van der Waals surface area contributed by atoms with E-state index in [4.69, 9.17) is 14.2 Å². The largest absolute Gasteiger partial charge is 0.493 e. The van der Waals surface area contributed by atoms with Crippen molar-refractivity contribution in [2.75, 3.05) is 20.8 Å². The molecule has 1 aliphatic carbocycles. The SMILES string of the molecule is CCCCOC(=O)C1=C(C)NC2=C(C(=O)C[C@H](c3ccc(OC)c(OC)c3)C2)[C@@H]1c1cccs1. The standard InChI is InChI=1S/C27H31NO5S/c1-5-6-11-33-27(30)24-16(2)28-19-13-18(17-9-10-21(31-3)22(15-17)32-4)14-20(29)25(19)26(24)23-8-7-12-34-23/h7-10,12,15,18,26,28H,5-6,11,13-14H2,1-4H3/t18-,26-/m1/s1. The van der Waals surface area contributed by atoms with Crippen molar-refractivity contribution in [3.05, 3.63) is 68.7 Å². The van der Waals surface area contributed by atoms with Crippen LogP contribution in [0.2, 0.25) is 0 Å². The fourth-order valence-corrected chi connectivity index (χ4v) is 5.62. The van der Waals surface area contributed by atoms with Gasteiger partial charge in [-0.1, -0.05) is 25.5 Å². The third-order valence-corrected chi connectivity index (χ3v) is 7.42. The van der Waals surface area contributed by atoms with Crippen molar-refractivity contribution in [3.63, 3.8) is 0 Å². The van der Waals surface area contributed by atoms with Crippen LogP contribution in [0, 0.1) is 0 Å². The van der Waals surface area contributed by atoms with Gasteiger partial charge in [-0.25, -0.2) is 4.79 Å². The first kappa shape index (κ1) is 24.1. The maximum atomic E-state index is 13.6. The van der Waals surface area contributed by atoms with E-state index in [1.165, 1.54) is 0 Å². The maximum absolute atomic E-state index is 13.6. The number of unbranched alkanes of at least 4 members (excludes halogenated alkanes) is 1. The number of carbonyl (C=O) groups excluding carboxylic acids is 2. The summed E-state index contributed by atoms with van der Waals surface area (Å²) in [6, 6.07) is 9.76. The predicted molar refractivity (Wildman–Crippen MR) is 132 cm³/mol. The highest BCUT2D eigenvalue weighted by atomic mass is 32.1. The molecule has 0 saturated heterocycles. The van der Waals surface area contributed by atoms with Crippen LogP contribution in [-0.4, -0.2) is 32.6 Å². The Balaban J connectivity index is 1.69. The summed E-state index contributed by atoms with van der Waals surface area (Å²) in [6.45, 7) is 4.33. The van der Waals surface area contributed by atoms with Crippen LogP contribution in [0.1, 0.15) is 61.8 Å². The zero-order chi connectivity index (χ0) is 24.2. The molecule has 4 rings (SSSR count). The second-order valence-corrected chi connectivity index (χ2v) is 9.62. The number of rotatable bonds is 8. The van der Waals surface area contributed by atoms with Crippen molar-refractivity contribution in [2.45, 2.75) is 51.4 Å². The van der Waals surface area contributed by atoms with E-state index in [9.17, 15) is 9.59 Å². The highest BCUT2D eigenvalue weighted by molar-refractivity contribution is 7.10. The Hall–Kier alpha value is -3.06. The predicted octanol–water partition coefficient (Wildman–Crippen LogP) is 5.47. The molecule has 2 atom stereocenters. The van der Waals surface area contributed by atoms with Gasteiger partial charge in [0.2, 0.25) is 0 Å². The van der Waals surface area contributed by atoms with Crippen LogP contribution in [-0.2, 0) is 14.3 Å². The summed E-state index contributed by atoms with van der Waals surface area (Å²) in [5.74, 6) is 0.620. The number of hydrogen-bond donors (Lipinski definition) is 1. The summed E-state index contributed by atoms with van der Waals surface area (Å²) in [5, 5.41) is 5.38. The third kappa shape index (κ3) is 4.62. The molecule has 2 heterocycles. The molecule has 34 heavy (non-hydrogen) atoms. The van der Waals surface area contributed by atoms with Crippen LogP contribution in [0.15, 0.2) is 58.3 Å². The maximum Gasteiger partial charge on any atom is 0.336 e. The van der Waals surface area contributed by atoms with Gasteiger partial charge in [0, 0.05) is 28.3 Å². The summed E-state index contributed by atoms with van der Waals surface area (Å²) in [7, 11) is 3.22. The Morgan fingerprint density at radius 2 is 1.94 bits per heavy atom. The quantitative estimate of drug-likeness (QED) is 0.398. The van der Waals surface area contributed by atoms with E-state index < -0.39 is 5.92 Å². The third-order valence-electron chi connectivity index (χ3n) is 6.49. The van der Waals surface area contributed by atoms with Crippen molar-refractivity contribution in [2.24, 2.45) is 0 Å². The Kier molecular flexibility index (Phi) is 7.41. The van der Waals surface area contributed by atoms with Crippen LogP contribution in [0.3, 0.4) is 0 Å². The molecule has 6 nitrogen and oxygen atoms in total. The molecule has 0 unspecified atom stereocenters. The van der Waals surface area contributed by atoms with Gasteiger partial charge < -0.3 is 19.5 Å². The Morgan fingerprint density at radius 3 is 2.62 bits per heavy atom. The van der Waals surface area contributed by atoms with E-state index in [0.717, 1.165) is 34.7 Å². The zero-order valence-corrected chi connectivity index (χ0v) is 20.9. The lowest BCUT2D eigenvalue weighted by Gasteiger charge is -2.36. The average Bonchev–Trinajstić information content (AvgIpc) is 3.37. The van der Waals surface area contributed by atoms with Crippen molar-refractivity contribution in [3.8, 4) is 11.5 Å². The molecule has 0 saturated carbocycles. The molecule has 1 aromatic carbocycles. The van der Waals surface area contributed by atoms with Gasteiger partial charge in [0.25, 0.3) is 0 Å². The van der Waals surface area contributed by atoms with Crippen LogP contribution >= 0.6 is 11.3 Å². The molecule has 0 spiro atoms. The first-order valence-corrected chi connectivity index (χ1v) is 12.5. The monoisotopic (exact) mass is 481 g/mol. The van der Waals surface area contributed by atoms with Crippen LogP contribution in [0.4, 0.5) is 0 Å². The van der Waals surface area contributed by atoms with Crippen molar-refractivity contribution in [1.82, 2.24) is 5.32 Å². The number of dihydropyridines is 1. The molecule has 0 bridgehead atoms. The van der Waals surface area contributed by atoms with Gasteiger partial charge in [-0.05, 0) is 54.8 Å². The Morgan fingerprint density at radius 1 is 1.15 bits per heavy atom. The smallest absolute Gasteiger partial charge is 0.336 e. The fourth-order valence-electron chi connectivity index (χ4n) is 4.78. The lowest BCUT2D eigenvalue weighted by atomic mass is 9.73. The first-order valence-electron chi connectivity index (χ1n) is 11.6. The molecule has 2 aromatic rings. The minimum Gasteiger partial charge on any atom is -0.493 e. The summed E-state index contributed by atoms with van der Waals surface area (Å²) in [4.78, 5) is 27.7. The van der Waals surface area contributed by atoms with Crippen LogP contribution in [0.25, 0.3) is 0 Å². The number of Topliss-reactive ketones (excluding diaryl/α,β-unsaturated/α-hetero) is 1. The van der Waals surface area contributed by atoms with E-state index in [1.54, 1.807) is 25.6 Å². The normalized spacial score (nSPS) is 20.1. The molecular weight excluding hydrogens is 450 g/mol. The van der Waals surface area contributed by atoms with E-state index in [-0.39, 0.29) is 17.7 Å². The van der Waals surface area contributed by atoms with Gasteiger partial charge in [0.05, 0.1) is 32.3 Å². The molecule has 1 aliphatic heterocycles. The molecule has 7 heteroatoms. The Labute approximate surface area is 204 Å². The van der Waals surface area contributed by atoms with Gasteiger partial charge in [-0.3, -0.25) is 4.79 Å². The van der Waals surface area contributed by atoms with E-state index in [2.05, 4.69) is 12.2 Å². The van der Waals surface area contributed by atoms with Crippen LogP contribution in [0.5, 0.6) is 11.5 Å². The molecule has 2 aliphatic rings. The lowest BCUT2D eigenvalue weighted by Crippen LogP contribution is -2.36. The minimum atomic E-state index is -0.399. The highest BCUT2D eigenvalue weighted by Crippen LogP contribution is 2.47. The number of thiophene rings is 1. The van der Waals surface area contributed by atoms with Gasteiger partial charge >= 0.3 is 5.97 Å². The summed E-state index contributed by atoms with van der Waals surface area (Å²) < 4.78 is 16.4. The molecule has 0 radical (unpaired) electrons. The number of hydrogen-bond acceptors (Lipinski definition) is 7.